The van der Waals surface area contributed by atoms with Gasteiger partial charge in [0.1, 0.15) is 5.00 Å². The number of ether oxygens (including phenoxy) is 2. The van der Waals surface area contributed by atoms with Gasteiger partial charge < -0.3 is 14.8 Å². The molecule has 1 aliphatic rings. The molecule has 1 heterocycles. The number of thiophene rings is 1. The Hall–Kier alpha value is -2.67. The monoisotopic (exact) mass is 415 g/mol. The first-order chi connectivity index (χ1) is 14.0. The van der Waals surface area contributed by atoms with Gasteiger partial charge in [0.15, 0.2) is 0 Å². The molecular formula is C22H25NO5S. The van der Waals surface area contributed by atoms with Gasteiger partial charge in [0.05, 0.1) is 25.7 Å². The van der Waals surface area contributed by atoms with Crippen LogP contribution in [0.4, 0.5) is 5.00 Å². The van der Waals surface area contributed by atoms with Crippen LogP contribution < -0.4 is 5.32 Å². The summed E-state index contributed by atoms with van der Waals surface area (Å²) in [5.41, 5.74) is 2.72. The molecule has 2 aromatic rings. The first-order valence-corrected chi connectivity index (χ1v) is 10.6. The minimum atomic E-state index is -0.443. The van der Waals surface area contributed by atoms with E-state index in [1.807, 2.05) is 18.2 Å². The number of fused-ring (bicyclic) bond motifs is 1. The summed E-state index contributed by atoms with van der Waals surface area (Å²) < 4.78 is 9.82. The number of hydrogen-bond donors (Lipinski definition) is 1. The van der Waals surface area contributed by atoms with Crippen molar-refractivity contribution in [3.63, 3.8) is 0 Å². The molecule has 0 saturated carbocycles. The summed E-state index contributed by atoms with van der Waals surface area (Å²) in [5, 5.41) is 3.32. The highest BCUT2D eigenvalue weighted by Gasteiger charge is 2.30. The smallest absolute Gasteiger partial charge is 0.341 e. The number of rotatable bonds is 7. The third-order valence-corrected chi connectivity index (χ3v) is 6.22. The van der Waals surface area contributed by atoms with Crippen molar-refractivity contribution in [3.05, 3.63) is 51.9 Å². The number of esters is 2. The first kappa shape index (κ1) is 21.0. The van der Waals surface area contributed by atoms with E-state index in [0.717, 1.165) is 29.7 Å². The summed E-state index contributed by atoms with van der Waals surface area (Å²) in [6, 6.07) is 10.3. The molecule has 0 unspecified atom stereocenters. The second-order valence-corrected chi connectivity index (χ2v) is 8.01. The summed E-state index contributed by atoms with van der Waals surface area (Å²) >= 11 is 1.43. The largest absolute Gasteiger partial charge is 0.469 e. The van der Waals surface area contributed by atoms with E-state index in [4.69, 9.17) is 4.74 Å². The maximum Gasteiger partial charge on any atom is 0.341 e. The number of nitrogens with one attached hydrogen (secondary N) is 1. The van der Waals surface area contributed by atoms with Crippen LogP contribution in [0.5, 0.6) is 0 Å². The van der Waals surface area contributed by atoms with E-state index in [2.05, 4.69) is 22.2 Å². The lowest BCUT2D eigenvalue weighted by atomic mass is 9.83. The Labute approximate surface area is 174 Å². The minimum Gasteiger partial charge on any atom is -0.469 e. The number of carbonyl (C=O) groups is 3. The Bertz CT molecular complexity index is 890. The number of anilines is 1. The van der Waals surface area contributed by atoms with E-state index in [9.17, 15) is 14.4 Å². The summed E-state index contributed by atoms with van der Waals surface area (Å²) in [5.74, 6) is -0.784. The summed E-state index contributed by atoms with van der Waals surface area (Å²) in [4.78, 5) is 37.3. The maximum absolute atomic E-state index is 12.6. The molecule has 0 radical (unpaired) electrons. The van der Waals surface area contributed by atoms with E-state index in [-0.39, 0.29) is 25.4 Å². The van der Waals surface area contributed by atoms with E-state index < -0.39 is 11.9 Å². The highest BCUT2D eigenvalue weighted by molar-refractivity contribution is 7.17. The highest BCUT2D eigenvalue weighted by Crippen LogP contribution is 2.42. The van der Waals surface area contributed by atoms with Crippen LogP contribution in [0.2, 0.25) is 0 Å². The average molecular weight is 416 g/mol. The van der Waals surface area contributed by atoms with Crippen LogP contribution >= 0.6 is 11.3 Å². The zero-order valence-corrected chi connectivity index (χ0v) is 17.5. The van der Waals surface area contributed by atoms with Gasteiger partial charge in [0, 0.05) is 11.3 Å². The van der Waals surface area contributed by atoms with Gasteiger partial charge in [0.2, 0.25) is 5.91 Å². The molecule has 0 fully saturated rings. The summed E-state index contributed by atoms with van der Waals surface area (Å²) in [7, 11) is 1.29. The Balaban J connectivity index is 1.83. The molecule has 29 heavy (non-hydrogen) atoms. The molecule has 7 heteroatoms. The van der Waals surface area contributed by atoms with Crippen molar-refractivity contribution in [2.24, 2.45) is 0 Å². The van der Waals surface area contributed by atoms with E-state index in [1.54, 1.807) is 6.92 Å². The molecule has 1 aliphatic carbocycles. The third kappa shape index (κ3) is 5.03. The van der Waals surface area contributed by atoms with Crippen molar-refractivity contribution < 1.29 is 23.9 Å². The van der Waals surface area contributed by atoms with Crippen LogP contribution in [0, 0.1) is 0 Å². The van der Waals surface area contributed by atoms with Crippen molar-refractivity contribution >= 4 is 34.2 Å². The van der Waals surface area contributed by atoms with Crippen molar-refractivity contribution in [1.82, 2.24) is 0 Å². The van der Waals surface area contributed by atoms with Crippen LogP contribution in [0.25, 0.3) is 0 Å². The standard InChI is InChI=1S/C22H25NO5S/c1-3-28-22(26)20-16-10-9-15(14-7-5-4-6-8-14)13-17(16)29-21(20)23-18(24)11-12-19(25)27-2/h4-8,15H,3,9-13H2,1-2H3,(H,23,24)/t15-/m0/s1. The molecule has 6 nitrogen and oxygen atoms in total. The van der Waals surface area contributed by atoms with Crippen LogP contribution in [-0.2, 0) is 31.9 Å². The normalized spacial score (nSPS) is 15.3. The molecule has 3 rings (SSSR count). The second-order valence-electron chi connectivity index (χ2n) is 6.90. The number of carbonyl (C=O) groups excluding carboxylic acids is 3. The average Bonchev–Trinajstić information content (AvgIpc) is 3.09. The van der Waals surface area contributed by atoms with Gasteiger partial charge >= 0.3 is 11.9 Å². The van der Waals surface area contributed by atoms with Gasteiger partial charge in [-0.3, -0.25) is 9.59 Å². The molecule has 0 bridgehead atoms. The van der Waals surface area contributed by atoms with E-state index in [0.29, 0.717) is 16.5 Å². The van der Waals surface area contributed by atoms with Gasteiger partial charge in [-0.05, 0) is 43.2 Å². The molecular weight excluding hydrogens is 390 g/mol. The molecule has 1 N–H and O–H groups in total. The van der Waals surface area contributed by atoms with Crippen LogP contribution in [-0.4, -0.2) is 31.6 Å². The summed E-state index contributed by atoms with van der Waals surface area (Å²) in [6.07, 6.45) is 2.53. The Morgan fingerprint density at radius 3 is 2.62 bits per heavy atom. The first-order valence-electron chi connectivity index (χ1n) is 9.76. The van der Waals surface area contributed by atoms with Crippen LogP contribution in [0.3, 0.4) is 0 Å². The second kappa shape index (κ2) is 9.69. The van der Waals surface area contributed by atoms with Gasteiger partial charge in [-0.2, -0.15) is 0 Å². The molecule has 0 saturated heterocycles. The van der Waals surface area contributed by atoms with Crippen LogP contribution in [0.15, 0.2) is 30.3 Å². The number of amides is 1. The fourth-order valence-corrected chi connectivity index (χ4v) is 4.94. The number of benzene rings is 1. The van der Waals surface area contributed by atoms with Crippen molar-refractivity contribution in [2.75, 3.05) is 19.0 Å². The number of hydrogen-bond acceptors (Lipinski definition) is 6. The third-order valence-electron chi connectivity index (χ3n) is 5.05. The van der Waals surface area contributed by atoms with Gasteiger partial charge in [-0.25, -0.2) is 4.79 Å². The predicted molar refractivity (Wildman–Crippen MR) is 111 cm³/mol. The summed E-state index contributed by atoms with van der Waals surface area (Å²) in [6.45, 7) is 2.03. The zero-order chi connectivity index (χ0) is 20.8. The fraction of sp³-hybridized carbons (Fsp3) is 0.409. The topological polar surface area (TPSA) is 81.7 Å². The van der Waals surface area contributed by atoms with Crippen molar-refractivity contribution in [2.45, 2.75) is 44.9 Å². The minimum absolute atomic E-state index is 0.00174. The van der Waals surface area contributed by atoms with Gasteiger partial charge in [0.25, 0.3) is 0 Å². The SMILES string of the molecule is CCOC(=O)c1c(NC(=O)CCC(=O)OC)sc2c1CC[C@H](c1ccccc1)C2. The van der Waals surface area contributed by atoms with Gasteiger partial charge in [-0.15, -0.1) is 11.3 Å². The molecule has 1 aromatic carbocycles. The van der Waals surface area contributed by atoms with Crippen molar-refractivity contribution in [3.8, 4) is 0 Å². The quantitative estimate of drug-likeness (QED) is 0.689. The molecule has 154 valence electrons. The highest BCUT2D eigenvalue weighted by atomic mass is 32.1. The molecule has 1 atom stereocenters. The van der Waals surface area contributed by atoms with E-state index >= 15 is 0 Å². The molecule has 0 aliphatic heterocycles. The fourth-order valence-electron chi connectivity index (χ4n) is 3.61. The molecule has 1 aromatic heterocycles. The lowest BCUT2D eigenvalue weighted by Crippen LogP contribution is -2.17. The molecule has 0 spiro atoms. The number of methoxy groups -OCH3 is 1. The van der Waals surface area contributed by atoms with Crippen molar-refractivity contribution in [1.29, 1.82) is 0 Å². The predicted octanol–water partition coefficient (Wildman–Crippen LogP) is 4.09. The Morgan fingerprint density at radius 1 is 1.17 bits per heavy atom. The lowest BCUT2D eigenvalue weighted by molar-refractivity contribution is -0.141. The Morgan fingerprint density at radius 2 is 1.93 bits per heavy atom. The maximum atomic E-state index is 12.6. The van der Waals surface area contributed by atoms with Gasteiger partial charge in [-0.1, -0.05) is 30.3 Å². The van der Waals surface area contributed by atoms with Crippen LogP contribution in [0.1, 0.15) is 58.5 Å². The lowest BCUT2D eigenvalue weighted by Gasteiger charge is -2.23. The zero-order valence-electron chi connectivity index (χ0n) is 16.7. The molecule has 1 amide bonds. The Kier molecular flexibility index (Phi) is 7.04. The van der Waals surface area contributed by atoms with E-state index in [1.165, 1.54) is 24.0 Å².